The monoisotopic (exact) mass is 335 g/mol. The van der Waals surface area contributed by atoms with Crippen LogP contribution in [0.5, 0.6) is 11.6 Å². The van der Waals surface area contributed by atoms with Crippen molar-refractivity contribution in [3.05, 3.63) is 58.6 Å². The van der Waals surface area contributed by atoms with Crippen LogP contribution in [0.3, 0.4) is 0 Å². The standard InChI is InChI=1S/C14H11BrFN3O/c15-9-4-5-12(10(16)7-9)20-14-11(8-17)19-6-2-1-3-13(19)18-14/h1-7H,8,17H2. The second-order valence-corrected chi connectivity index (χ2v) is 5.09. The molecule has 0 amide bonds. The number of nitrogens with zero attached hydrogens (tertiary/aromatic N) is 2. The lowest BCUT2D eigenvalue weighted by molar-refractivity contribution is 0.424. The molecule has 0 atom stereocenters. The number of aromatic nitrogens is 2. The minimum atomic E-state index is -0.459. The van der Waals surface area contributed by atoms with Crippen LogP contribution in [0.15, 0.2) is 47.1 Å². The summed E-state index contributed by atoms with van der Waals surface area (Å²) < 4.78 is 21.8. The van der Waals surface area contributed by atoms with E-state index in [0.717, 1.165) is 0 Å². The molecule has 4 nitrogen and oxygen atoms in total. The predicted octanol–water partition coefficient (Wildman–Crippen LogP) is 3.49. The Morgan fingerprint density at radius 2 is 2.15 bits per heavy atom. The maximum atomic E-state index is 13.8. The summed E-state index contributed by atoms with van der Waals surface area (Å²) >= 11 is 3.20. The zero-order valence-corrected chi connectivity index (χ0v) is 12.0. The number of halogens is 2. The third-order valence-electron chi connectivity index (χ3n) is 2.89. The minimum Gasteiger partial charge on any atom is -0.434 e. The first-order valence-corrected chi connectivity index (χ1v) is 6.77. The summed E-state index contributed by atoms with van der Waals surface area (Å²) in [6.45, 7) is 0.249. The van der Waals surface area contributed by atoms with Crippen LogP contribution in [0.4, 0.5) is 4.39 Å². The van der Waals surface area contributed by atoms with Gasteiger partial charge in [-0.2, -0.15) is 4.98 Å². The number of rotatable bonds is 3. The number of imidazole rings is 1. The highest BCUT2D eigenvalue weighted by molar-refractivity contribution is 9.10. The highest BCUT2D eigenvalue weighted by Gasteiger charge is 2.14. The van der Waals surface area contributed by atoms with Crippen molar-refractivity contribution in [2.24, 2.45) is 5.73 Å². The first-order chi connectivity index (χ1) is 9.69. The number of nitrogens with two attached hydrogens (primary N) is 1. The van der Waals surface area contributed by atoms with Crippen molar-refractivity contribution in [2.45, 2.75) is 6.54 Å². The van der Waals surface area contributed by atoms with Crippen molar-refractivity contribution < 1.29 is 9.13 Å². The average molecular weight is 336 g/mol. The van der Waals surface area contributed by atoms with E-state index in [2.05, 4.69) is 20.9 Å². The molecule has 0 unspecified atom stereocenters. The second kappa shape index (κ2) is 5.22. The van der Waals surface area contributed by atoms with Gasteiger partial charge in [-0.05, 0) is 30.3 Å². The van der Waals surface area contributed by atoms with Crippen LogP contribution in [0.1, 0.15) is 5.69 Å². The van der Waals surface area contributed by atoms with E-state index in [1.807, 2.05) is 28.8 Å². The molecule has 3 aromatic rings. The highest BCUT2D eigenvalue weighted by atomic mass is 79.9. The van der Waals surface area contributed by atoms with Crippen LogP contribution in [0.2, 0.25) is 0 Å². The fourth-order valence-corrected chi connectivity index (χ4v) is 2.29. The third-order valence-corrected chi connectivity index (χ3v) is 3.38. The van der Waals surface area contributed by atoms with E-state index in [0.29, 0.717) is 21.7 Å². The molecular weight excluding hydrogens is 325 g/mol. The molecule has 1 aromatic carbocycles. The minimum absolute atomic E-state index is 0.117. The first-order valence-electron chi connectivity index (χ1n) is 5.98. The second-order valence-electron chi connectivity index (χ2n) is 4.17. The Labute approximate surface area is 123 Å². The number of ether oxygens (including phenoxy) is 1. The van der Waals surface area contributed by atoms with Gasteiger partial charge in [0.05, 0.1) is 0 Å². The van der Waals surface area contributed by atoms with E-state index in [1.165, 1.54) is 6.07 Å². The van der Waals surface area contributed by atoms with Crippen molar-refractivity contribution in [3.8, 4) is 11.6 Å². The average Bonchev–Trinajstić information content (AvgIpc) is 2.79. The van der Waals surface area contributed by atoms with Gasteiger partial charge in [-0.1, -0.05) is 22.0 Å². The quantitative estimate of drug-likeness (QED) is 0.797. The van der Waals surface area contributed by atoms with Gasteiger partial charge < -0.3 is 10.5 Å². The van der Waals surface area contributed by atoms with Crippen LogP contribution in [-0.4, -0.2) is 9.38 Å². The molecule has 102 valence electrons. The van der Waals surface area contributed by atoms with E-state index in [-0.39, 0.29) is 12.3 Å². The molecule has 0 radical (unpaired) electrons. The molecule has 0 aliphatic carbocycles. The maximum Gasteiger partial charge on any atom is 0.242 e. The van der Waals surface area contributed by atoms with Crippen molar-refractivity contribution >= 4 is 21.6 Å². The largest absolute Gasteiger partial charge is 0.434 e. The van der Waals surface area contributed by atoms with Gasteiger partial charge in [-0.15, -0.1) is 0 Å². The number of fused-ring (bicyclic) bond motifs is 1. The number of pyridine rings is 1. The molecule has 0 saturated carbocycles. The maximum absolute atomic E-state index is 13.8. The topological polar surface area (TPSA) is 52.5 Å². The molecule has 2 heterocycles. The molecule has 2 aromatic heterocycles. The Morgan fingerprint density at radius 3 is 2.90 bits per heavy atom. The van der Waals surface area contributed by atoms with Crippen molar-refractivity contribution in [3.63, 3.8) is 0 Å². The first kappa shape index (κ1) is 13.1. The van der Waals surface area contributed by atoms with Gasteiger partial charge in [0.15, 0.2) is 11.6 Å². The van der Waals surface area contributed by atoms with Gasteiger partial charge in [-0.3, -0.25) is 4.40 Å². The van der Waals surface area contributed by atoms with Crippen LogP contribution in [0, 0.1) is 5.82 Å². The zero-order chi connectivity index (χ0) is 14.1. The molecule has 0 saturated heterocycles. The Kier molecular flexibility index (Phi) is 3.42. The summed E-state index contributed by atoms with van der Waals surface area (Å²) in [6, 6.07) is 10.2. The number of hydrogen-bond donors (Lipinski definition) is 1. The van der Waals surface area contributed by atoms with Gasteiger partial charge in [-0.25, -0.2) is 4.39 Å². The molecule has 6 heteroatoms. The van der Waals surface area contributed by atoms with Gasteiger partial charge in [0.2, 0.25) is 5.88 Å². The summed E-state index contributed by atoms with van der Waals surface area (Å²) in [4.78, 5) is 4.32. The molecule has 0 spiro atoms. The van der Waals surface area contributed by atoms with Crippen molar-refractivity contribution in [2.75, 3.05) is 0 Å². The fourth-order valence-electron chi connectivity index (χ4n) is 1.95. The molecule has 2 N–H and O–H groups in total. The van der Waals surface area contributed by atoms with Gasteiger partial charge in [0.1, 0.15) is 11.3 Å². The van der Waals surface area contributed by atoms with E-state index in [9.17, 15) is 4.39 Å². The van der Waals surface area contributed by atoms with Crippen molar-refractivity contribution in [1.82, 2.24) is 9.38 Å². The summed E-state index contributed by atoms with van der Waals surface area (Å²) in [5.74, 6) is -0.0226. The third kappa shape index (κ3) is 2.28. The van der Waals surface area contributed by atoms with Crippen molar-refractivity contribution in [1.29, 1.82) is 0 Å². The van der Waals surface area contributed by atoms with Gasteiger partial charge in [0, 0.05) is 17.2 Å². The van der Waals surface area contributed by atoms with Gasteiger partial charge in [0.25, 0.3) is 0 Å². The Hall–Kier alpha value is -1.92. The summed E-state index contributed by atoms with van der Waals surface area (Å²) in [5, 5.41) is 0. The number of hydrogen-bond acceptors (Lipinski definition) is 3. The summed E-state index contributed by atoms with van der Waals surface area (Å²) in [6.07, 6.45) is 1.84. The van der Waals surface area contributed by atoms with E-state index in [4.69, 9.17) is 10.5 Å². The summed E-state index contributed by atoms with van der Waals surface area (Å²) in [5.41, 5.74) is 7.14. The molecule has 20 heavy (non-hydrogen) atoms. The van der Waals surface area contributed by atoms with E-state index >= 15 is 0 Å². The molecular formula is C14H11BrFN3O. The molecule has 3 rings (SSSR count). The van der Waals surface area contributed by atoms with E-state index in [1.54, 1.807) is 12.1 Å². The van der Waals surface area contributed by atoms with E-state index < -0.39 is 5.82 Å². The SMILES string of the molecule is NCc1c(Oc2ccc(Br)cc2F)nc2ccccn12. The summed E-state index contributed by atoms with van der Waals surface area (Å²) in [7, 11) is 0. The van der Waals surface area contributed by atoms with Crippen LogP contribution >= 0.6 is 15.9 Å². The predicted molar refractivity (Wildman–Crippen MR) is 77.3 cm³/mol. The Morgan fingerprint density at radius 1 is 1.30 bits per heavy atom. The van der Waals surface area contributed by atoms with Gasteiger partial charge >= 0.3 is 0 Å². The number of benzene rings is 1. The molecule has 0 bridgehead atoms. The van der Waals surface area contributed by atoms with Crippen LogP contribution in [0.25, 0.3) is 5.65 Å². The smallest absolute Gasteiger partial charge is 0.242 e. The fraction of sp³-hybridized carbons (Fsp3) is 0.0714. The highest BCUT2D eigenvalue weighted by Crippen LogP contribution is 2.29. The van der Waals surface area contributed by atoms with Crippen LogP contribution in [-0.2, 0) is 6.54 Å². The molecule has 0 aliphatic rings. The lowest BCUT2D eigenvalue weighted by Crippen LogP contribution is -2.02. The Bertz CT molecular complexity index is 772. The Balaban J connectivity index is 2.06. The lowest BCUT2D eigenvalue weighted by Gasteiger charge is -2.06. The normalized spacial score (nSPS) is 10.9. The lowest BCUT2D eigenvalue weighted by atomic mass is 10.3. The zero-order valence-electron chi connectivity index (χ0n) is 10.4. The van der Waals surface area contributed by atoms with Crippen LogP contribution < -0.4 is 10.5 Å². The molecule has 0 aliphatic heterocycles. The molecule has 0 fully saturated rings.